The fourth-order valence-electron chi connectivity index (χ4n) is 0.349. The number of hydrogen-bond acceptors (Lipinski definition) is 2. The highest BCUT2D eigenvalue weighted by Crippen LogP contribution is 2.11. The summed E-state index contributed by atoms with van der Waals surface area (Å²) in [6, 6.07) is 1.73. The lowest BCUT2D eigenvalue weighted by Crippen LogP contribution is -1.70. The van der Waals surface area contributed by atoms with E-state index < -0.39 is 0 Å². The molecule has 4 heteroatoms. The van der Waals surface area contributed by atoms with E-state index in [0.717, 1.165) is 5.69 Å². The average molecular weight is 196 g/mol. The monoisotopic (exact) mass is 195 g/mol. The molecule has 0 saturated carbocycles. The maximum Gasteiger partial charge on any atom is 0.202 e. The topological polar surface area (TPSA) is 26.0 Å². The number of rotatable bonds is 1. The lowest BCUT2D eigenvalue weighted by Gasteiger charge is -1.72. The molecule has 0 radical (unpaired) electrons. The molecule has 1 aromatic rings. The summed E-state index contributed by atoms with van der Waals surface area (Å²) < 4.78 is 5.26. The Morgan fingerprint density at radius 2 is 2.62 bits per heavy atom. The van der Waals surface area contributed by atoms with Gasteiger partial charge in [-0.15, -0.1) is 11.6 Å². The van der Waals surface area contributed by atoms with Crippen molar-refractivity contribution >= 4 is 27.5 Å². The highest BCUT2D eigenvalue weighted by atomic mass is 79.9. The zero-order chi connectivity index (χ0) is 5.98. The lowest BCUT2D eigenvalue weighted by atomic mass is 10.5. The number of alkyl halides is 1. The van der Waals surface area contributed by atoms with Gasteiger partial charge in [-0.1, -0.05) is 5.16 Å². The van der Waals surface area contributed by atoms with Gasteiger partial charge >= 0.3 is 0 Å². The first-order chi connectivity index (χ1) is 3.83. The van der Waals surface area contributed by atoms with Crippen molar-refractivity contribution < 1.29 is 4.52 Å². The fourth-order valence-corrected chi connectivity index (χ4v) is 0.811. The van der Waals surface area contributed by atoms with Crippen LogP contribution < -0.4 is 0 Å². The molecule has 0 unspecified atom stereocenters. The number of aromatic nitrogens is 1. The Morgan fingerprint density at radius 1 is 1.88 bits per heavy atom. The van der Waals surface area contributed by atoms with Crippen LogP contribution in [0.1, 0.15) is 5.69 Å². The third kappa shape index (κ3) is 1.23. The maximum atomic E-state index is 5.40. The van der Waals surface area contributed by atoms with E-state index in [9.17, 15) is 0 Å². The molecule has 1 rings (SSSR count). The smallest absolute Gasteiger partial charge is 0.202 e. The van der Waals surface area contributed by atoms with Gasteiger partial charge in [-0.3, -0.25) is 0 Å². The van der Waals surface area contributed by atoms with Gasteiger partial charge in [0.1, 0.15) is 0 Å². The largest absolute Gasteiger partial charge is 0.349 e. The van der Waals surface area contributed by atoms with Crippen LogP contribution in [0.25, 0.3) is 0 Å². The minimum absolute atomic E-state index is 0.398. The molecule has 0 aromatic carbocycles. The molecule has 1 heterocycles. The summed E-state index contributed by atoms with van der Waals surface area (Å²) >= 11 is 8.48. The average Bonchev–Trinajstić information content (AvgIpc) is 2.14. The van der Waals surface area contributed by atoms with E-state index in [-0.39, 0.29) is 0 Å². The molecule has 0 N–H and O–H groups in total. The van der Waals surface area contributed by atoms with E-state index in [1.807, 2.05) is 0 Å². The molecule has 44 valence electrons. The number of hydrogen-bond donors (Lipinski definition) is 0. The number of halogens is 2. The van der Waals surface area contributed by atoms with E-state index in [1.165, 1.54) is 0 Å². The van der Waals surface area contributed by atoms with Crippen molar-refractivity contribution in [2.45, 2.75) is 5.88 Å². The van der Waals surface area contributed by atoms with Gasteiger partial charge in [-0.2, -0.15) is 0 Å². The van der Waals surface area contributed by atoms with Crippen molar-refractivity contribution in [2.24, 2.45) is 0 Å². The Kier molecular flexibility index (Phi) is 1.91. The Morgan fingerprint density at radius 3 is 2.88 bits per heavy atom. The molecule has 0 spiro atoms. The molecule has 1 aromatic heterocycles. The lowest BCUT2D eigenvalue weighted by molar-refractivity contribution is 0.395. The van der Waals surface area contributed by atoms with Crippen molar-refractivity contribution in [3.8, 4) is 0 Å². The first kappa shape index (κ1) is 6.11. The summed E-state index contributed by atoms with van der Waals surface area (Å²) in [4.78, 5) is 0. The van der Waals surface area contributed by atoms with Crippen LogP contribution in [0.4, 0.5) is 0 Å². The fraction of sp³-hybridized carbons (Fsp3) is 0.250. The Bertz CT molecular complexity index is 176. The van der Waals surface area contributed by atoms with Crippen molar-refractivity contribution in [1.29, 1.82) is 0 Å². The second-order valence-corrected chi connectivity index (χ2v) is 2.30. The Hall–Kier alpha value is -0.0200. The van der Waals surface area contributed by atoms with Gasteiger partial charge in [0, 0.05) is 6.07 Å². The van der Waals surface area contributed by atoms with Gasteiger partial charge in [-0.05, 0) is 15.9 Å². The zero-order valence-electron chi connectivity index (χ0n) is 3.90. The summed E-state index contributed by atoms with van der Waals surface area (Å²) in [5.41, 5.74) is 0.749. The minimum atomic E-state index is 0.398. The summed E-state index contributed by atoms with van der Waals surface area (Å²) in [5.74, 6) is 0.398. The van der Waals surface area contributed by atoms with Crippen molar-refractivity contribution in [3.63, 3.8) is 0 Å². The van der Waals surface area contributed by atoms with Crippen molar-refractivity contribution in [3.05, 3.63) is 16.4 Å². The molecule has 0 amide bonds. The first-order valence-electron chi connectivity index (χ1n) is 2.00. The normalized spacial score (nSPS) is 9.75. The summed E-state index contributed by atoms with van der Waals surface area (Å²) in [7, 11) is 0. The first-order valence-corrected chi connectivity index (χ1v) is 3.32. The third-order valence-corrected chi connectivity index (χ3v) is 1.31. The van der Waals surface area contributed by atoms with Crippen molar-refractivity contribution in [1.82, 2.24) is 5.16 Å². The molecule has 0 saturated heterocycles. The van der Waals surface area contributed by atoms with Gasteiger partial charge in [0.15, 0.2) is 0 Å². The van der Waals surface area contributed by atoms with Gasteiger partial charge in [-0.25, -0.2) is 0 Å². The van der Waals surface area contributed by atoms with Crippen LogP contribution in [-0.4, -0.2) is 5.16 Å². The van der Waals surface area contributed by atoms with Gasteiger partial charge in [0.2, 0.25) is 4.67 Å². The molecule has 0 fully saturated rings. The molecular weight excluding hydrogens is 193 g/mol. The molecule has 0 bridgehead atoms. The second-order valence-electron chi connectivity index (χ2n) is 1.26. The predicted octanol–water partition coefficient (Wildman–Crippen LogP) is 2.18. The van der Waals surface area contributed by atoms with E-state index in [4.69, 9.17) is 11.6 Å². The van der Waals surface area contributed by atoms with Crippen molar-refractivity contribution in [2.75, 3.05) is 0 Å². The van der Waals surface area contributed by atoms with E-state index in [1.54, 1.807) is 6.07 Å². The molecule has 0 aliphatic heterocycles. The van der Waals surface area contributed by atoms with Crippen LogP contribution in [0.3, 0.4) is 0 Å². The molecule has 0 aliphatic rings. The number of nitrogens with zero attached hydrogens (tertiary/aromatic N) is 1. The van der Waals surface area contributed by atoms with Crippen LogP contribution in [-0.2, 0) is 5.88 Å². The van der Waals surface area contributed by atoms with Gasteiger partial charge < -0.3 is 4.52 Å². The maximum absolute atomic E-state index is 5.40. The quantitative estimate of drug-likeness (QED) is 0.644. The molecular formula is C4H3BrClNO. The van der Waals surface area contributed by atoms with Gasteiger partial charge in [0.05, 0.1) is 11.6 Å². The minimum Gasteiger partial charge on any atom is -0.349 e. The summed E-state index contributed by atoms with van der Waals surface area (Å²) in [6.07, 6.45) is 0. The van der Waals surface area contributed by atoms with Crippen LogP contribution in [0, 0.1) is 0 Å². The van der Waals surface area contributed by atoms with Crippen LogP contribution in [0.2, 0.25) is 0 Å². The second kappa shape index (κ2) is 2.51. The third-order valence-electron chi connectivity index (χ3n) is 0.667. The van der Waals surface area contributed by atoms with Crippen LogP contribution in [0.5, 0.6) is 0 Å². The van der Waals surface area contributed by atoms with E-state index >= 15 is 0 Å². The zero-order valence-corrected chi connectivity index (χ0v) is 6.24. The summed E-state index contributed by atoms with van der Waals surface area (Å²) in [5, 5.41) is 3.58. The Labute approximate surface area is 59.9 Å². The SMILES string of the molecule is ClCc1cc(Br)on1. The summed E-state index contributed by atoms with van der Waals surface area (Å²) in [6.45, 7) is 0. The predicted molar refractivity (Wildman–Crippen MR) is 33.8 cm³/mol. The van der Waals surface area contributed by atoms with Gasteiger partial charge in [0.25, 0.3) is 0 Å². The van der Waals surface area contributed by atoms with Crippen LogP contribution in [0.15, 0.2) is 15.3 Å². The molecule has 0 aliphatic carbocycles. The Balaban J connectivity index is 2.84. The van der Waals surface area contributed by atoms with E-state index in [2.05, 4.69) is 25.6 Å². The molecule has 2 nitrogen and oxygen atoms in total. The van der Waals surface area contributed by atoms with E-state index in [0.29, 0.717) is 10.5 Å². The van der Waals surface area contributed by atoms with Crippen LogP contribution >= 0.6 is 27.5 Å². The highest BCUT2D eigenvalue weighted by Gasteiger charge is 1.96. The standard InChI is InChI=1S/C4H3BrClNO/c5-4-1-3(2-6)7-8-4/h1H,2H2. The highest BCUT2D eigenvalue weighted by molar-refractivity contribution is 9.10. The molecule has 8 heavy (non-hydrogen) atoms. The molecule has 0 atom stereocenters.